The van der Waals surface area contributed by atoms with E-state index in [1.807, 2.05) is 12.1 Å². The van der Waals surface area contributed by atoms with Crippen molar-refractivity contribution in [3.05, 3.63) is 45.4 Å². The van der Waals surface area contributed by atoms with Gasteiger partial charge < -0.3 is 5.32 Å². The fourth-order valence-corrected chi connectivity index (χ4v) is 3.36. The molecule has 0 saturated heterocycles. The largest absolute Gasteiger partial charge is 0.320 e. The van der Waals surface area contributed by atoms with E-state index < -0.39 is 0 Å². The summed E-state index contributed by atoms with van der Waals surface area (Å²) in [5.74, 6) is -0.0490. The molecule has 0 bridgehead atoms. The van der Waals surface area contributed by atoms with Crippen LogP contribution in [0.1, 0.15) is 27.8 Å². The van der Waals surface area contributed by atoms with E-state index in [0.717, 1.165) is 28.1 Å². The molecule has 0 spiro atoms. The van der Waals surface area contributed by atoms with Crippen LogP contribution in [0.4, 0.5) is 5.69 Å². The maximum atomic E-state index is 12.0. The number of anilines is 1. The Morgan fingerprint density at radius 3 is 3.05 bits per heavy atom. The van der Waals surface area contributed by atoms with E-state index in [2.05, 4.69) is 30.2 Å². The second-order valence-corrected chi connectivity index (χ2v) is 5.71. The first-order valence-corrected chi connectivity index (χ1v) is 7.07. The topological polar surface area (TPSA) is 42.0 Å². The number of amides is 1. The fourth-order valence-electron chi connectivity index (χ4n) is 2.29. The van der Waals surface area contributed by atoms with Gasteiger partial charge in [0.05, 0.1) is 17.5 Å². The number of nitrogens with zero attached hydrogens (tertiary/aromatic N) is 1. The highest BCUT2D eigenvalue weighted by Gasteiger charge is 2.24. The van der Waals surface area contributed by atoms with Crippen molar-refractivity contribution in [3.8, 4) is 0 Å². The SMILES string of the molecule is CCc1sc(C=C2C(=O)Nc3cnccc32)cc1C. The van der Waals surface area contributed by atoms with E-state index in [-0.39, 0.29) is 5.91 Å². The van der Waals surface area contributed by atoms with Crippen LogP contribution in [0.3, 0.4) is 0 Å². The standard InChI is InChI=1S/C15H14N2OS/c1-3-14-9(2)6-10(19-14)7-12-11-4-5-16-8-13(11)17-15(12)18/h4-8H,3H2,1-2H3,(H,17,18). The van der Waals surface area contributed by atoms with Gasteiger partial charge in [0.2, 0.25) is 0 Å². The summed E-state index contributed by atoms with van der Waals surface area (Å²) < 4.78 is 0. The second kappa shape index (κ2) is 4.63. The van der Waals surface area contributed by atoms with Gasteiger partial charge in [-0.25, -0.2) is 0 Å². The van der Waals surface area contributed by atoms with E-state index in [1.165, 1.54) is 10.4 Å². The molecular formula is C15H14N2OS. The quantitative estimate of drug-likeness (QED) is 0.848. The van der Waals surface area contributed by atoms with E-state index in [1.54, 1.807) is 23.7 Å². The van der Waals surface area contributed by atoms with Crippen LogP contribution in [-0.4, -0.2) is 10.9 Å². The summed E-state index contributed by atoms with van der Waals surface area (Å²) in [6.45, 7) is 4.27. The molecule has 2 aromatic rings. The number of thiophene rings is 1. The van der Waals surface area contributed by atoms with Crippen molar-refractivity contribution in [1.29, 1.82) is 0 Å². The van der Waals surface area contributed by atoms with Crippen LogP contribution >= 0.6 is 11.3 Å². The summed E-state index contributed by atoms with van der Waals surface area (Å²) in [5, 5.41) is 2.84. The Hall–Kier alpha value is -1.94. The lowest BCUT2D eigenvalue weighted by Gasteiger charge is -1.95. The van der Waals surface area contributed by atoms with Crippen molar-refractivity contribution < 1.29 is 4.79 Å². The summed E-state index contributed by atoms with van der Waals surface area (Å²) >= 11 is 1.75. The Kier molecular flexibility index (Phi) is 2.95. The average molecular weight is 270 g/mol. The van der Waals surface area contributed by atoms with Crippen LogP contribution in [0.2, 0.25) is 0 Å². The zero-order valence-electron chi connectivity index (χ0n) is 10.9. The molecule has 0 aliphatic carbocycles. The summed E-state index contributed by atoms with van der Waals surface area (Å²) in [6.07, 6.45) is 6.40. The minimum atomic E-state index is -0.0490. The summed E-state index contributed by atoms with van der Waals surface area (Å²) in [7, 11) is 0. The van der Waals surface area contributed by atoms with Crippen molar-refractivity contribution in [1.82, 2.24) is 4.98 Å². The smallest absolute Gasteiger partial charge is 0.256 e. The van der Waals surface area contributed by atoms with E-state index >= 15 is 0 Å². The molecule has 2 aromatic heterocycles. The number of pyridine rings is 1. The predicted molar refractivity (Wildman–Crippen MR) is 79.2 cm³/mol. The number of fused-ring (bicyclic) bond motifs is 1. The normalized spacial score (nSPS) is 15.7. The lowest BCUT2D eigenvalue weighted by molar-refractivity contribution is -0.110. The fraction of sp³-hybridized carbons (Fsp3) is 0.200. The van der Waals surface area contributed by atoms with Gasteiger partial charge in [0.15, 0.2) is 0 Å². The first-order valence-electron chi connectivity index (χ1n) is 6.25. The first kappa shape index (κ1) is 12.1. The molecule has 1 aliphatic heterocycles. The van der Waals surface area contributed by atoms with Gasteiger partial charge in [-0.2, -0.15) is 0 Å². The van der Waals surface area contributed by atoms with Crippen LogP contribution < -0.4 is 5.32 Å². The molecule has 3 heterocycles. The van der Waals surface area contributed by atoms with Crippen molar-refractivity contribution in [2.45, 2.75) is 20.3 Å². The molecule has 19 heavy (non-hydrogen) atoms. The lowest BCUT2D eigenvalue weighted by Crippen LogP contribution is -2.03. The van der Waals surface area contributed by atoms with E-state index in [9.17, 15) is 4.79 Å². The minimum Gasteiger partial charge on any atom is -0.320 e. The number of nitrogens with one attached hydrogen (secondary N) is 1. The molecule has 0 unspecified atom stereocenters. The first-order chi connectivity index (χ1) is 9.19. The third-order valence-electron chi connectivity index (χ3n) is 3.25. The Morgan fingerprint density at radius 2 is 2.32 bits per heavy atom. The van der Waals surface area contributed by atoms with Gasteiger partial charge in [-0.15, -0.1) is 11.3 Å². The highest BCUT2D eigenvalue weighted by molar-refractivity contribution is 7.13. The van der Waals surface area contributed by atoms with Crippen LogP contribution in [0.15, 0.2) is 24.5 Å². The van der Waals surface area contributed by atoms with E-state index in [0.29, 0.717) is 0 Å². The summed E-state index contributed by atoms with van der Waals surface area (Å²) in [5.41, 5.74) is 3.75. The zero-order chi connectivity index (χ0) is 13.4. The monoisotopic (exact) mass is 270 g/mol. The molecule has 3 rings (SSSR count). The summed E-state index contributed by atoms with van der Waals surface area (Å²) in [4.78, 5) is 18.5. The predicted octanol–water partition coefficient (Wildman–Crippen LogP) is 3.51. The molecular weight excluding hydrogens is 256 g/mol. The van der Waals surface area contributed by atoms with Gasteiger partial charge in [-0.1, -0.05) is 6.92 Å². The number of aryl methyl sites for hydroxylation is 2. The minimum absolute atomic E-state index is 0.0490. The molecule has 4 heteroatoms. The van der Waals surface area contributed by atoms with E-state index in [4.69, 9.17) is 0 Å². The zero-order valence-corrected chi connectivity index (χ0v) is 11.7. The molecule has 0 aromatic carbocycles. The maximum absolute atomic E-state index is 12.0. The molecule has 0 atom stereocenters. The Balaban J connectivity index is 2.06. The molecule has 1 N–H and O–H groups in total. The second-order valence-electron chi connectivity index (χ2n) is 4.54. The van der Waals surface area contributed by atoms with Gasteiger partial charge in [-0.05, 0) is 37.1 Å². The third-order valence-corrected chi connectivity index (χ3v) is 4.58. The number of carbonyl (C=O) groups is 1. The highest BCUT2D eigenvalue weighted by Crippen LogP contribution is 2.34. The average Bonchev–Trinajstić information content (AvgIpc) is 2.91. The molecule has 0 fully saturated rings. The maximum Gasteiger partial charge on any atom is 0.256 e. The van der Waals surface area contributed by atoms with Gasteiger partial charge in [-0.3, -0.25) is 9.78 Å². The molecule has 1 aliphatic rings. The van der Waals surface area contributed by atoms with Crippen molar-refractivity contribution in [2.75, 3.05) is 5.32 Å². The lowest BCUT2D eigenvalue weighted by atomic mass is 10.1. The molecule has 96 valence electrons. The van der Waals surface area contributed by atoms with Gasteiger partial charge in [0.1, 0.15) is 0 Å². The van der Waals surface area contributed by atoms with Crippen LogP contribution in [0.25, 0.3) is 11.6 Å². The number of aromatic nitrogens is 1. The van der Waals surface area contributed by atoms with Crippen LogP contribution in [0.5, 0.6) is 0 Å². The van der Waals surface area contributed by atoms with Gasteiger partial charge in [0.25, 0.3) is 5.91 Å². The van der Waals surface area contributed by atoms with Crippen molar-refractivity contribution >= 4 is 34.6 Å². The molecule has 1 amide bonds. The van der Waals surface area contributed by atoms with Gasteiger partial charge >= 0.3 is 0 Å². The van der Waals surface area contributed by atoms with Crippen LogP contribution in [0, 0.1) is 6.92 Å². The third kappa shape index (κ3) is 2.08. The van der Waals surface area contributed by atoms with Gasteiger partial charge in [0, 0.05) is 21.5 Å². The van der Waals surface area contributed by atoms with Crippen LogP contribution in [-0.2, 0) is 11.2 Å². The number of hydrogen-bond donors (Lipinski definition) is 1. The number of carbonyl (C=O) groups excluding carboxylic acids is 1. The summed E-state index contributed by atoms with van der Waals surface area (Å²) in [6, 6.07) is 4.02. The Bertz CT molecular complexity index is 685. The molecule has 0 saturated carbocycles. The van der Waals surface area contributed by atoms with Crippen molar-refractivity contribution in [3.63, 3.8) is 0 Å². The Morgan fingerprint density at radius 1 is 1.47 bits per heavy atom. The highest BCUT2D eigenvalue weighted by atomic mass is 32.1. The number of rotatable bonds is 2. The Labute approximate surface area is 116 Å². The van der Waals surface area contributed by atoms with Crippen molar-refractivity contribution in [2.24, 2.45) is 0 Å². The molecule has 0 radical (unpaired) electrons. The molecule has 3 nitrogen and oxygen atoms in total. The number of hydrogen-bond acceptors (Lipinski definition) is 3.